The molecule has 1 saturated heterocycles. The molecule has 0 aromatic carbocycles. The van der Waals surface area contributed by atoms with Crippen molar-refractivity contribution in [2.24, 2.45) is 0 Å². The number of nitrogens with zero attached hydrogens (tertiary/aromatic N) is 3. The Morgan fingerprint density at radius 2 is 2.03 bits per heavy atom. The van der Waals surface area contributed by atoms with Crippen LogP contribution in [0.15, 0.2) is 27.6 Å². The van der Waals surface area contributed by atoms with Gasteiger partial charge in [0, 0.05) is 38.1 Å². The van der Waals surface area contributed by atoms with Crippen LogP contribution in [-0.2, 0) is 0 Å². The van der Waals surface area contributed by atoms with Crippen molar-refractivity contribution in [1.82, 2.24) is 15.2 Å². The summed E-state index contributed by atoms with van der Waals surface area (Å²) in [6.45, 7) is 3.01. The summed E-state index contributed by atoms with van der Waals surface area (Å²) in [5, 5.41) is 24.4. The number of nitro groups is 1. The summed E-state index contributed by atoms with van der Waals surface area (Å²) in [6.07, 6.45) is 4.92. The van der Waals surface area contributed by atoms with Gasteiger partial charge < -0.3 is 15.3 Å². The molecule has 1 aliphatic rings. The molecule has 12 heteroatoms. The van der Waals surface area contributed by atoms with Crippen LogP contribution in [0.2, 0.25) is 10.0 Å². The lowest BCUT2D eigenvalue weighted by Crippen LogP contribution is -2.37. The average molecular weight is 491 g/mol. The van der Waals surface area contributed by atoms with Crippen molar-refractivity contribution in [3.8, 4) is 0 Å². The van der Waals surface area contributed by atoms with Gasteiger partial charge in [0.15, 0.2) is 0 Å². The molecule has 1 aliphatic heterocycles. The fourth-order valence-electron chi connectivity index (χ4n) is 3.00. The molecule has 2 N–H and O–H groups in total. The van der Waals surface area contributed by atoms with Crippen LogP contribution in [0.3, 0.4) is 0 Å². The van der Waals surface area contributed by atoms with Gasteiger partial charge in [0.05, 0.1) is 26.0 Å². The Morgan fingerprint density at radius 3 is 2.67 bits per heavy atom. The quantitative estimate of drug-likeness (QED) is 0.325. The molecular weight excluding hydrogens is 471 g/mol. The summed E-state index contributed by atoms with van der Waals surface area (Å²) in [5.74, 6) is -0.351. The van der Waals surface area contributed by atoms with Crippen molar-refractivity contribution in [3.05, 3.63) is 43.5 Å². The SMILES string of the molecule is O=C(NCCCN1CCC(O)CC1)c1cc([N+](=O)[O-])c(Sc2c(Cl)cncc2Cl)s1. The maximum atomic E-state index is 12.5. The molecule has 2 aromatic rings. The van der Waals surface area contributed by atoms with E-state index in [9.17, 15) is 20.0 Å². The number of hydrogen-bond acceptors (Lipinski definition) is 8. The number of thiophene rings is 1. The van der Waals surface area contributed by atoms with E-state index in [1.54, 1.807) is 0 Å². The van der Waals surface area contributed by atoms with Gasteiger partial charge in [0.25, 0.3) is 11.6 Å². The van der Waals surface area contributed by atoms with Crippen LogP contribution in [0.4, 0.5) is 5.69 Å². The van der Waals surface area contributed by atoms with Crippen molar-refractivity contribution >= 4 is 57.9 Å². The Labute approximate surface area is 191 Å². The third-order valence-corrected chi connectivity index (χ3v) is 7.85. The minimum absolute atomic E-state index is 0.161. The fraction of sp³-hybridized carbons (Fsp3) is 0.444. The molecule has 2 aromatic heterocycles. The van der Waals surface area contributed by atoms with Gasteiger partial charge in [0.2, 0.25) is 0 Å². The van der Waals surface area contributed by atoms with Gasteiger partial charge in [-0.1, -0.05) is 35.0 Å². The van der Waals surface area contributed by atoms with Crippen LogP contribution in [0.25, 0.3) is 0 Å². The molecule has 1 fully saturated rings. The maximum Gasteiger partial charge on any atom is 0.294 e. The van der Waals surface area contributed by atoms with E-state index < -0.39 is 4.92 Å². The molecular formula is C18H20Cl2N4O4S2. The van der Waals surface area contributed by atoms with Gasteiger partial charge >= 0.3 is 0 Å². The molecule has 3 heterocycles. The molecule has 0 bridgehead atoms. The first kappa shape index (κ1) is 23.2. The number of hydrogen-bond donors (Lipinski definition) is 2. The Hall–Kier alpha value is -1.43. The number of nitrogens with one attached hydrogen (secondary N) is 1. The number of aliphatic hydroxyl groups excluding tert-OH is 1. The largest absolute Gasteiger partial charge is 0.393 e. The molecule has 0 unspecified atom stereocenters. The van der Waals surface area contributed by atoms with E-state index in [2.05, 4.69) is 15.2 Å². The minimum atomic E-state index is -0.524. The van der Waals surface area contributed by atoms with Crippen LogP contribution in [-0.4, -0.2) is 58.1 Å². The Morgan fingerprint density at radius 1 is 1.37 bits per heavy atom. The molecule has 0 aliphatic carbocycles. The number of aliphatic hydroxyl groups is 1. The van der Waals surface area contributed by atoms with E-state index in [1.807, 2.05) is 0 Å². The van der Waals surface area contributed by atoms with E-state index in [0.717, 1.165) is 62.0 Å². The third kappa shape index (κ3) is 6.05. The Kier molecular flexibility index (Phi) is 8.32. The van der Waals surface area contributed by atoms with E-state index in [4.69, 9.17) is 23.2 Å². The number of likely N-dealkylation sites (tertiary alicyclic amines) is 1. The van der Waals surface area contributed by atoms with Crippen LogP contribution < -0.4 is 5.32 Å². The number of halogens is 2. The van der Waals surface area contributed by atoms with Crippen LogP contribution in [0.5, 0.6) is 0 Å². The molecule has 0 saturated carbocycles. The van der Waals surface area contributed by atoms with Crippen LogP contribution in [0, 0.1) is 10.1 Å². The molecule has 3 rings (SSSR count). The fourth-order valence-corrected chi connectivity index (χ4v) is 5.78. The zero-order chi connectivity index (χ0) is 21.7. The van der Waals surface area contributed by atoms with Gasteiger partial charge in [-0.25, -0.2) is 0 Å². The van der Waals surface area contributed by atoms with Crippen LogP contribution in [0.1, 0.15) is 28.9 Å². The Balaban J connectivity index is 1.59. The molecule has 0 radical (unpaired) electrons. The molecule has 0 spiro atoms. The zero-order valence-corrected chi connectivity index (χ0v) is 19.0. The number of carbonyl (C=O) groups excluding carboxylic acids is 1. The third-order valence-electron chi connectivity index (χ3n) is 4.60. The first-order chi connectivity index (χ1) is 14.3. The highest BCUT2D eigenvalue weighted by Gasteiger charge is 2.25. The van der Waals surface area contributed by atoms with E-state index in [0.29, 0.717) is 15.6 Å². The lowest BCUT2D eigenvalue weighted by atomic mass is 10.1. The van der Waals surface area contributed by atoms with Crippen molar-refractivity contribution in [2.75, 3.05) is 26.2 Å². The molecule has 0 atom stereocenters. The number of piperidine rings is 1. The van der Waals surface area contributed by atoms with Gasteiger partial charge in [-0.15, -0.1) is 11.3 Å². The second-order valence-corrected chi connectivity index (χ2v) is 9.90. The van der Waals surface area contributed by atoms with E-state index in [-0.39, 0.29) is 32.6 Å². The number of rotatable bonds is 8. The summed E-state index contributed by atoms with van der Waals surface area (Å²) < 4.78 is 0.326. The second kappa shape index (κ2) is 10.7. The predicted octanol–water partition coefficient (Wildman–Crippen LogP) is 4.09. The van der Waals surface area contributed by atoms with Gasteiger partial charge in [0.1, 0.15) is 9.09 Å². The van der Waals surface area contributed by atoms with Crippen molar-refractivity contribution < 1.29 is 14.8 Å². The van der Waals surface area contributed by atoms with Crippen LogP contribution >= 0.6 is 46.3 Å². The van der Waals surface area contributed by atoms with Crippen molar-refractivity contribution in [2.45, 2.75) is 34.5 Å². The van der Waals surface area contributed by atoms with Crippen molar-refractivity contribution in [1.29, 1.82) is 0 Å². The van der Waals surface area contributed by atoms with E-state index >= 15 is 0 Å². The zero-order valence-electron chi connectivity index (χ0n) is 15.8. The number of amides is 1. The summed E-state index contributed by atoms with van der Waals surface area (Å²) in [5.41, 5.74) is -0.161. The lowest BCUT2D eigenvalue weighted by Gasteiger charge is -2.29. The predicted molar refractivity (Wildman–Crippen MR) is 118 cm³/mol. The first-order valence-electron chi connectivity index (χ1n) is 9.29. The second-order valence-electron chi connectivity index (χ2n) is 6.76. The first-order valence-corrected chi connectivity index (χ1v) is 11.7. The van der Waals surface area contributed by atoms with E-state index in [1.165, 1.54) is 18.5 Å². The maximum absolute atomic E-state index is 12.5. The van der Waals surface area contributed by atoms with Gasteiger partial charge in [-0.3, -0.25) is 19.9 Å². The Bertz CT molecular complexity index is 899. The highest BCUT2D eigenvalue weighted by molar-refractivity contribution is 8.01. The number of pyridine rings is 1. The number of carbonyl (C=O) groups is 1. The van der Waals surface area contributed by atoms with Gasteiger partial charge in [-0.2, -0.15) is 0 Å². The van der Waals surface area contributed by atoms with Crippen molar-refractivity contribution in [3.63, 3.8) is 0 Å². The molecule has 1 amide bonds. The summed E-state index contributed by atoms with van der Waals surface area (Å²) in [6, 6.07) is 1.28. The monoisotopic (exact) mass is 490 g/mol. The smallest absolute Gasteiger partial charge is 0.294 e. The topological polar surface area (TPSA) is 109 Å². The summed E-state index contributed by atoms with van der Waals surface area (Å²) >= 11 is 14.3. The summed E-state index contributed by atoms with van der Waals surface area (Å²) in [4.78, 5) is 30.2. The highest BCUT2D eigenvalue weighted by atomic mass is 35.5. The molecule has 30 heavy (non-hydrogen) atoms. The normalized spacial score (nSPS) is 15.3. The molecule has 8 nitrogen and oxygen atoms in total. The number of aromatic nitrogens is 1. The average Bonchev–Trinajstić information content (AvgIpc) is 3.14. The standard InChI is InChI=1S/C18H20Cl2N4O4S2/c19-12-9-21-10-13(20)16(12)30-18-14(24(27)28)8-15(29-18)17(26)22-4-1-5-23-6-2-11(25)3-7-23/h8-11,25H,1-7H2,(H,22,26). The summed E-state index contributed by atoms with van der Waals surface area (Å²) in [7, 11) is 0. The van der Waals surface area contributed by atoms with Gasteiger partial charge in [-0.05, 0) is 25.8 Å². The lowest BCUT2D eigenvalue weighted by molar-refractivity contribution is -0.387. The highest BCUT2D eigenvalue weighted by Crippen LogP contribution is 2.45. The minimum Gasteiger partial charge on any atom is -0.393 e. The molecule has 162 valence electrons.